The van der Waals surface area contributed by atoms with Crippen molar-refractivity contribution < 1.29 is 0 Å². The molecule has 0 aliphatic carbocycles. The number of halogens is 1. The van der Waals surface area contributed by atoms with Crippen LogP contribution in [0, 0.1) is 11.0 Å². The highest BCUT2D eigenvalue weighted by Crippen LogP contribution is 1.63. The molecular weight excluding hydrogens is 102 g/mol. The predicted molar refractivity (Wildman–Crippen MR) is 24.9 cm³/mol. The molecule has 0 radical (unpaired) electrons. The first-order chi connectivity index (χ1) is 2.41. The molecule has 3 heteroatoms. The first-order valence-electron chi connectivity index (χ1n) is 1.34. The molecule has 0 aliphatic rings. The highest BCUT2D eigenvalue weighted by Gasteiger charge is 1.70. The van der Waals surface area contributed by atoms with Crippen LogP contribution in [0.15, 0.2) is 0 Å². The third-order valence-electron chi connectivity index (χ3n) is 0.206. The molecule has 1 nitrogen and oxygen atoms in total. The molecule has 0 aliphatic heterocycles. The summed E-state index contributed by atoms with van der Waals surface area (Å²) in [5.74, 6) is 0. The van der Waals surface area contributed by atoms with Crippen LogP contribution in [0.1, 0.15) is 0 Å². The molecule has 5 heavy (non-hydrogen) atoms. The number of alkyl halides is 1. The summed E-state index contributed by atoms with van der Waals surface area (Å²) >= 11 is 5.14. The molecule has 0 N–H and O–H groups in total. The molecule has 0 aromatic heterocycles. The van der Waals surface area contributed by atoms with Crippen molar-refractivity contribution in [2.75, 3.05) is 5.50 Å². The van der Waals surface area contributed by atoms with E-state index in [1.165, 1.54) is 0 Å². The maximum atomic E-state index is 7.79. The Kier molecular flexibility index (Phi) is 3.99. The maximum Gasteiger partial charge on any atom is 0.157 e. The van der Waals surface area contributed by atoms with Crippen molar-refractivity contribution in [1.29, 1.82) is 5.26 Å². The fourth-order valence-corrected chi connectivity index (χ4v) is 0.380. The van der Waals surface area contributed by atoms with Crippen LogP contribution in [0.5, 0.6) is 0 Å². The zero-order valence-corrected chi connectivity index (χ0v) is 4.91. The molecule has 0 aromatic carbocycles. The molecule has 0 fully saturated rings. The molecule has 0 rings (SSSR count). The van der Waals surface area contributed by atoms with Gasteiger partial charge in [0.05, 0.1) is 0 Å². The lowest BCUT2D eigenvalue weighted by atomic mass is 11.8. The van der Waals surface area contributed by atoms with Crippen molar-refractivity contribution in [3.8, 4) is 5.69 Å². The van der Waals surface area contributed by atoms with Gasteiger partial charge in [0.1, 0.15) is 0 Å². The van der Waals surface area contributed by atoms with E-state index in [0.29, 0.717) is 5.50 Å². The minimum Gasteiger partial charge on any atom is -0.207 e. The molecule has 0 atom stereocenters. The Labute approximate surface area is 38.4 Å². The van der Waals surface area contributed by atoms with Gasteiger partial charge < -0.3 is 0 Å². The minimum absolute atomic E-state index is 0.497. The molecule has 0 unspecified atom stereocenters. The third kappa shape index (κ3) is 4.00. The van der Waals surface area contributed by atoms with Crippen molar-refractivity contribution in [3.05, 3.63) is 0 Å². The molecular formula is C2H4ClNSi. The van der Waals surface area contributed by atoms with Crippen LogP contribution < -0.4 is 0 Å². The monoisotopic (exact) mass is 105 g/mol. The lowest BCUT2D eigenvalue weighted by Gasteiger charge is -1.61. The Morgan fingerprint density at radius 1 is 2.00 bits per heavy atom. The van der Waals surface area contributed by atoms with Gasteiger partial charge in [0.15, 0.2) is 9.52 Å². The van der Waals surface area contributed by atoms with Gasteiger partial charge in [-0.2, -0.15) is 0 Å². The third-order valence-corrected chi connectivity index (χ3v) is 1.19. The largest absolute Gasteiger partial charge is 0.207 e. The summed E-state index contributed by atoms with van der Waals surface area (Å²) in [6.45, 7) is 0. The van der Waals surface area contributed by atoms with Crippen LogP contribution in [0.3, 0.4) is 0 Å². The Hall–Kier alpha value is -0.00312. The fraction of sp³-hybridized carbons (Fsp3) is 0.500. The molecule has 0 bridgehead atoms. The van der Waals surface area contributed by atoms with E-state index in [9.17, 15) is 0 Å². The lowest BCUT2D eigenvalue weighted by molar-refractivity contribution is 1.56. The standard InChI is InChI=1S/C2H4ClNSi/c3-1-5-2-4/h1,5H2. The van der Waals surface area contributed by atoms with E-state index >= 15 is 0 Å². The average molecular weight is 106 g/mol. The summed E-state index contributed by atoms with van der Waals surface area (Å²) in [4.78, 5) is 0. The predicted octanol–water partition coefficient (Wildman–Crippen LogP) is -0.167. The second-order valence-corrected chi connectivity index (χ2v) is 2.93. The van der Waals surface area contributed by atoms with Gasteiger partial charge in [0.2, 0.25) is 0 Å². The smallest absolute Gasteiger partial charge is 0.157 e. The van der Waals surface area contributed by atoms with Crippen molar-refractivity contribution in [2.24, 2.45) is 0 Å². The number of hydrogen-bond acceptors (Lipinski definition) is 1. The van der Waals surface area contributed by atoms with Crippen molar-refractivity contribution in [2.45, 2.75) is 0 Å². The average Bonchev–Trinajstić information content (AvgIpc) is 1.41. The van der Waals surface area contributed by atoms with Crippen LogP contribution >= 0.6 is 11.6 Å². The summed E-state index contributed by atoms with van der Waals surface area (Å²) in [6, 6.07) is 0. The summed E-state index contributed by atoms with van der Waals surface area (Å²) in [5, 5.41) is 7.79. The zero-order chi connectivity index (χ0) is 4.12. The topological polar surface area (TPSA) is 23.8 Å². The highest BCUT2D eigenvalue weighted by molar-refractivity contribution is 6.56. The van der Waals surface area contributed by atoms with Crippen LogP contribution in [-0.4, -0.2) is 15.0 Å². The van der Waals surface area contributed by atoms with E-state index in [1.54, 1.807) is 0 Å². The van der Waals surface area contributed by atoms with Gasteiger partial charge in [0.25, 0.3) is 0 Å². The molecule has 28 valence electrons. The van der Waals surface area contributed by atoms with Crippen LogP contribution in [-0.2, 0) is 0 Å². The van der Waals surface area contributed by atoms with Crippen LogP contribution in [0.4, 0.5) is 0 Å². The van der Waals surface area contributed by atoms with Gasteiger partial charge in [-0.25, -0.2) is 5.26 Å². The number of rotatable bonds is 1. The van der Waals surface area contributed by atoms with E-state index in [2.05, 4.69) is 0 Å². The number of nitrogens with zero attached hydrogens (tertiary/aromatic N) is 1. The molecule has 0 saturated carbocycles. The SMILES string of the molecule is N#C[SiH2]CCl. The molecule has 0 spiro atoms. The Balaban J connectivity index is 2.48. The van der Waals surface area contributed by atoms with Crippen LogP contribution in [0.2, 0.25) is 0 Å². The van der Waals surface area contributed by atoms with Gasteiger partial charge in [-0.3, -0.25) is 0 Å². The van der Waals surface area contributed by atoms with E-state index in [1.807, 2.05) is 5.69 Å². The van der Waals surface area contributed by atoms with Crippen molar-refractivity contribution in [1.82, 2.24) is 0 Å². The fourth-order valence-electron chi connectivity index (χ4n) is 0.0423. The van der Waals surface area contributed by atoms with Gasteiger partial charge in [0, 0.05) is 11.2 Å². The van der Waals surface area contributed by atoms with Gasteiger partial charge >= 0.3 is 0 Å². The Morgan fingerprint density at radius 2 is 2.60 bits per heavy atom. The van der Waals surface area contributed by atoms with Gasteiger partial charge in [-0.05, 0) is 0 Å². The zero-order valence-electron chi connectivity index (χ0n) is 2.74. The highest BCUT2D eigenvalue weighted by atomic mass is 35.5. The summed E-state index contributed by atoms with van der Waals surface area (Å²) in [6.07, 6.45) is 0. The van der Waals surface area contributed by atoms with Gasteiger partial charge in [-0.1, -0.05) is 0 Å². The van der Waals surface area contributed by atoms with E-state index in [-0.39, 0.29) is 0 Å². The lowest BCUT2D eigenvalue weighted by Crippen LogP contribution is -1.82. The summed E-state index contributed by atoms with van der Waals surface area (Å²) in [5.41, 5.74) is 2.62. The Bertz CT molecular complexity index is 48.1. The summed E-state index contributed by atoms with van der Waals surface area (Å²) in [7, 11) is -0.497. The number of nitriles is 1. The second kappa shape index (κ2) is 4.00. The first kappa shape index (κ1) is 5.00. The molecule has 0 heterocycles. The normalized spacial score (nSPS) is 8.80. The second-order valence-electron chi connectivity index (χ2n) is 0.597. The molecule has 0 amide bonds. The van der Waals surface area contributed by atoms with Crippen molar-refractivity contribution >= 4 is 21.1 Å². The molecule has 0 saturated heterocycles. The minimum atomic E-state index is -0.497. The summed E-state index contributed by atoms with van der Waals surface area (Å²) < 4.78 is 0. The number of hydrogen-bond donors (Lipinski definition) is 0. The quantitative estimate of drug-likeness (QED) is 0.336. The van der Waals surface area contributed by atoms with Gasteiger partial charge in [-0.15, -0.1) is 11.6 Å². The van der Waals surface area contributed by atoms with Crippen LogP contribution in [0.25, 0.3) is 0 Å². The van der Waals surface area contributed by atoms with Crippen molar-refractivity contribution in [3.63, 3.8) is 0 Å². The first-order valence-corrected chi connectivity index (χ1v) is 3.59. The van der Waals surface area contributed by atoms with E-state index < -0.39 is 9.52 Å². The Morgan fingerprint density at radius 3 is 2.60 bits per heavy atom. The molecule has 0 aromatic rings. The maximum absolute atomic E-state index is 7.79. The van der Waals surface area contributed by atoms with E-state index in [4.69, 9.17) is 16.9 Å². The van der Waals surface area contributed by atoms with E-state index in [0.717, 1.165) is 0 Å².